The van der Waals surface area contributed by atoms with E-state index >= 15 is 0 Å². The molecular weight excluding hydrogens is 206 g/mol. The minimum atomic E-state index is -0.0550. The third-order valence-corrected chi connectivity index (χ3v) is 2.35. The summed E-state index contributed by atoms with van der Waals surface area (Å²) in [6, 6.07) is 5.12. The molecule has 0 aliphatic carbocycles. The molecule has 0 radical (unpaired) electrons. The van der Waals surface area contributed by atoms with Gasteiger partial charge in [-0.1, -0.05) is 0 Å². The van der Waals surface area contributed by atoms with Gasteiger partial charge in [-0.2, -0.15) is 10.1 Å². The number of hydrogen-bond acceptors (Lipinski definition) is 4. The van der Waals surface area contributed by atoms with E-state index in [1.807, 2.05) is 6.92 Å². The Morgan fingerprint density at radius 1 is 1.50 bits per heavy atom. The van der Waals surface area contributed by atoms with Crippen LogP contribution in [-0.4, -0.2) is 18.7 Å². The number of hydrogen-bond donors (Lipinski definition) is 1. The molecule has 0 aromatic heterocycles. The summed E-state index contributed by atoms with van der Waals surface area (Å²) in [5.74, 6) is 0.493. The SMILES string of the molecule is COc1cc(N)ccc1N1N=C(C)CC1=O. The highest BCUT2D eigenvalue weighted by atomic mass is 16.5. The minimum Gasteiger partial charge on any atom is -0.494 e. The number of carbonyl (C=O) groups is 1. The number of benzene rings is 1. The van der Waals surface area contributed by atoms with E-state index in [0.29, 0.717) is 23.5 Å². The molecule has 0 unspecified atom stereocenters. The van der Waals surface area contributed by atoms with Crippen molar-refractivity contribution in [1.82, 2.24) is 0 Å². The Balaban J connectivity index is 2.44. The number of hydrazone groups is 1. The predicted octanol–water partition coefficient (Wildman–Crippen LogP) is 1.39. The molecule has 1 aliphatic heterocycles. The zero-order valence-electron chi connectivity index (χ0n) is 9.23. The van der Waals surface area contributed by atoms with Crippen LogP contribution in [0.3, 0.4) is 0 Å². The standard InChI is InChI=1S/C11H13N3O2/c1-7-5-11(15)14(13-7)9-4-3-8(12)6-10(9)16-2/h3-4,6H,5,12H2,1-2H3. The fourth-order valence-corrected chi connectivity index (χ4v) is 1.61. The molecule has 0 bridgehead atoms. The van der Waals surface area contributed by atoms with Crippen LogP contribution in [0.1, 0.15) is 13.3 Å². The Hall–Kier alpha value is -2.04. The zero-order chi connectivity index (χ0) is 11.7. The van der Waals surface area contributed by atoms with Gasteiger partial charge in [0.2, 0.25) is 0 Å². The lowest BCUT2D eigenvalue weighted by Crippen LogP contribution is -2.20. The lowest BCUT2D eigenvalue weighted by atomic mass is 10.2. The van der Waals surface area contributed by atoms with Crippen molar-refractivity contribution < 1.29 is 9.53 Å². The summed E-state index contributed by atoms with van der Waals surface area (Å²) in [7, 11) is 1.54. The van der Waals surface area contributed by atoms with Gasteiger partial charge in [-0.3, -0.25) is 4.79 Å². The first-order valence-electron chi connectivity index (χ1n) is 4.92. The van der Waals surface area contributed by atoms with E-state index in [9.17, 15) is 4.79 Å². The normalized spacial score (nSPS) is 15.2. The first-order chi connectivity index (χ1) is 7.61. The number of nitrogen functional groups attached to an aromatic ring is 1. The maximum Gasteiger partial charge on any atom is 0.253 e. The van der Waals surface area contributed by atoms with E-state index in [4.69, 9.17) is 10.5 Å². The van der Waals surface area contributed by atoms with Crippen LogP contribution in [0.15, 0.2) is 23.3 Å². The van der Waals surface area contributed by atoms with Gasteiger partial charge in [0.1, 0.15) is 11.4 Å². The van der Waals surface area contributed by atoms with Gasteiger partial charge in [0, 0.05) is 17.5 Å². The third kappa shape index (κ3) is 1.71. The van der Waals surface area contributed by atoms with Gasteiger partial charge >= 0.3 is 0 Å². The highest BCUT2D eigenvalue weighted by molar-refractivity contribution is 6.12. The van der Waals surface area contributed by atoms with Crippen molar-refractivity contribution in [2.75, 3.05) is 17.9 Å². The van der Waals surface area contributed by atoms with Gasteiger partial charge in [-0.25, -0.2) is 0 Å². The van der Waals surface area contributed by atoms with E-state index in [0.717, 1.165) is 5.71 Å². The molecule has 1 aromatic rings. The van der Waals surface area contributed by atoms with E-state index in [1.54, 1.807) is 18.2 Å². The molecule has 1 heterocycles. The Morgan fingerprint density at radius 2 is 2.25 bits per heavy atom. The maximum absolute atomic E-state index is 11.7. The molecule has 2 rings (SSSR count). The Morgan fingerprint density at radius 3 is 2.81 bits per heavy atom. The summed E-state index contributed by atoms with van der Waals surface area (Å²) in [5.41, 5.74) is 7.65. The van der Waals surface area contributed by atoms with Crippen LogP contribution in [0, 0.1) is 0 Å². The molecule has 0 atom stereocenters. The van der Waals surface area contributed by atoms with E-state index in [-0.39, 0.29) is 5.91 Å². The van der Waals surface area contributed by atoms with Crippen LogP contribution in [0.2, 0.25) is 0 Å². The molecule has 1 aromatic carbocycles. The third-order valence-electron chi connectivity index (χ3n) is 2.35. The molecule has 0 saturated heterocycles. The second-order valence-electron chi connectivity index (χ2n) is 3.65. The summed E-state index contributed by atoms with van der Waals surface area (Å²) < 4.78 is 5.18. The smallest absolute Gasteiger partial charge is 0.253 e. The van der Waals surface area contributed by atoms with Crippen LogP contribution < -0.4 is 15.5 Å². The first-order valence-corrected chi connectivity index (χ1v) is 4.92. The molecule has 84 valence electrons. The van der Waals surface area contributed by atoms with Crippen molar-refractivity contribution >= 4 is 23.0 Å². The van der Waals surface area contributed by atoms with Crippen LogP contribution >= 0.6 is 0 Å². The number of methoxy groups -OCH3 is 1. The molecule has 1 amide bonds. The molecule has 0 spiro atoms. The molecular formula is C11H13N3O2. The largest absolute Gasteiger partial charge is 0.494 e. The van der Waals surface area contributed by atoms with Gasteiger partial charge in [-0.15, -0.1) is 0 Å². The van der Waals surface area contributed by atoms with Crippen molar-refractivity contribution in [2.45, 2.75) is 13.3 Å². The lowest BCUT2D eigenvalue weighted by Gasteiger charge is -2.15. The van der Waals surface area contributed by atoms with Crippen molar-refractivity contribution in [3.05, 3.63) is 18.2 Å². The summed E-state index contributed by atoms with van der Waals surface area (Å²) in [6.07, 6.45) is 0.355. The van der Waals surface area contributed by atoms with Crippen LogP contribution in [0.4, 0.5) is 11.4 Å². The van der Waals surface area contributed by atoms with Crippen LogP contribution in [0.25, 0.3) is 0 Å². The number of anilines is 2. The second-order valence-corrected chi connectivity index (χ2v) is 3.65. The number of ether oxygens (including phenoxy) is 1. The fraction of sp³-hybridized carbons (Fsp3) is 0.273. The fourth-order valence-electron chi connectivity index (χ4n) is 1.61. The first kappa shape index (κ1) is 10.5. The minimum absolute atomic E-state index is 0.0550. The Bertz CT molecular complexity index is 468. The Labute approximate surface area is 93.5 Å². The topological polar surface area (TPSA) is 67.9 Å². The van der Waals surface area contributed by atoms with Gasteiger partial charge in [0.15, 0.2) is 0 Å². The van der Waals surface area contributed by atoms with Gasteiger partial charge < -0.3 is 10.5 Å². The highest BCUT2D eigenvalue weighted by Gasteiger charge is 2.25. The molecule has 1 aliphatic rings. The van der Waals surface area contributed by atoms with E-state index in [1.165, 1.54) is 12.1 Å². The Kier molecular flexibility index (Phi) is 2.52. The average Bonchev–Trinajstić information content (AvgIpc) is 2.57. The number of nitrogens with two attached hydrogens (primary N) is 1. The molecule has 16 heavy (non-hydrogen) atoms. The average molecular weight is 219 g/mol. The summed E-state index contributed by atoms with van der Waals surface area (Å²) >= 11 is 0. The van der Waals surface area contributed by atoms with Crippen molar-refractivity contribution in [3.63, 3.8) is 0 Å². The zero-order valence-corrected chi connectivity index (χ0v) is 9.23. The quantitative estimate of drug-likeness (QED) is 0.764. The van der Waals surface area contributed by atoms with E-state index < -0.39 is 0 Å². The molecule has 0 fully saturated rings. The molecule has 0 saturated carbocycles. The summed E-state index contributed by atoms with van der Waals surface area (Å²) in [4.78, 5) is 11.7. The van der Waals surface area contributed by atoms with E-state index in [2.05, 4.69) is 5.10 Å². The summed E-state index contributed by atoms with van der Waals surface area (Å²) in [6.45, 7) is 1.82. The monoisotopic (exact) mass is 219 g/mol. The van der Waals surface area contributed by atoms with Gasteiger partial charge in [0.05, 0.1) is 13.5 Å². The van der Waals surface area contributed by atoms with Crippen molar-refractivity contribution in [1.29, 1.82) is 0 Å². The highest BCUT2D eigenvalue weighted by Crippen LogP contribution is 2.32. The molecule has 5 nitrogen and oxygen atoms in total. The lowest BCUT2D eigenvalue weighted by molar-refractivity contribution is -0.116. The molecule has 5 heteroatoms. The summed E-state index contributed by atoms with van der Waals surface area (Å²) in [5, 5.41) is 5.51. The maximum atomic E-state index is 11.7. The van der Waals surface area contributed by atoms with Gasteiger partial charge in [0.25, 0.3) is 5.91 Å². The van der Waals surface area contributed by atoms with Gasteiger partial charge in [-0.05, 0) is 19.1 Å². The predicted molar refractivity (Wildman–Crippen MR) is 62.6 cm³/mol. The number of carbonyl (C=O) groups excluding carboxylic acids is 1. The number of amides is 1. The number of nitrogens with zero attached hydrogens (tertiary/aromatic N) is 2. The van der Waals surface area contributed by atoms with Crippen LogP contribution in [0.5, 0.6) is 5.75 Å². The number of rotatable bonds is 2. The van der Waals surface area contributed by atoms with Crippen molar-refractivity contribution in [2.24, 2.45) is 5.10 Å². The second kappa shape index (κ2) is 3.84. The van der Waals surface area contributed by atoms with Crippen LogP contribution in [-0.2, 0) is 4.79 Å². The van der Waals surface area contributed by atoms with Crippen molar-refractivity contribution in [3.8, 4) is 5.75 Å². The molecule has 2 N–H and O–H groups in total.